The van der Waals surface area contributed by atoms with Crippen LogP contribution in [0.1, 0.15) is 5.69 Å². The van der Waals surface area contributed by atoms with Gasteiger partial charge in [-0.15, -0.1) is 0 Å². The Morgan fingerprint density at radius 3 is 2.92 bits per heavy atom. The Hall–Kier alpha value is -1.57. The smallest absolute Gasteiger partial charge is 0.123 e. The third kappa shape index (κ3) is 1.01. The Labute approximate surface area is 69.5 Å². The highest BCUT2D eigenvalue weighted by Gasteiger charge is 1.98. The van der Waals surface area contributed by atoms with Crippen LogP contribution < -0.4 is 0 Å². The first-order valence-electron chi connectivity index (χ1n) is 3.70. The summed E-state index contributed by atoms with van der Waals surface area (Å²) in [7, 11) is 0. The molecule has 0 fully saturated rings. The third-order valence-electron chi connectivity index (χ3n) is 1.82. The van der Waals surface area contributed by atoms with Gasteiger partial charge in [0.1, 0.15) is 5.82 Å². The molecule has 60 valence electrons. The summed E-state index contributed by atoms with van der Waals surface area (Å²) in [5.41, 5.74) is 1.85. The molecule has 2 rings (SSSR count). The molecule has 0 aliphatic heterocycles. The van der Waals surface area contributed by atoms with Crippen LogP contribution in [0.4, 0.5) is 4.39 Å². The van der Waals surface area contributed by atoms with E-state index < -0.39 is 0 Å². The van der Waals surface area contributed by atoms with E-state index in [2.05, 4.69) is 11.6 Å². The average Bonchev–Trinajstić information content (AvgIpc) is 2.46. The van der Waals surface area contributed by atoms with E-state index in [1.807, 2.05) is 6.07 Å². The van der Waals surface area contributed by atoms with Gasteiger partial charge in [-0.2, -0.15) is 0 Å². The Kier molecular flexibility index (Phi) is 1.47. The molecule has 0 saturated carbocycles. The molecule has 0 spiro atoms. The number of nitrogens with one attached hydrogen (secondary N) is 1. The molecule has 0 radical (unpaired) electrons. The normalized spacial score (nSPS) is 10.4. The number of aromatic amines is 1. The van der Waals surface area contributed by atoms with Gasteiger partial charge in [-0.3, -0.25) is 0 Å². The number of hydrogen-bond donors (Lipinski definition) is 1. The van der Waals surface area contributed by atoms with Crippen LogP contribution in [0.3, 0.4) is 0 Å². The van der Waals surface area contributed by atoms with Crippen LogP contribution in [-0.4, -0.2) is 4.98 Å². The van der Waals surface area contributed by atoms with Crippen LogP contribution in [-0.2, 0) is 0 Å². The number of rotatable bonds is 1. The summed E-state index contributed by atoms with van der Waals surface area (Å²) in [4.78, 5) is 3.09. The van der Waals surface area contributed by atoms with E-state index in [0.717, 1.165) is 16.6 Å². The van der Waals surface area contributed by atoms with Gasteiger partial charge in [0.2, 0.25) is 0 Å². The van der Waals surface area contributed by atoms with Crippen molar-refractivity contribution in [2.24, 2.45) is 0 Å². The van der Waals surface area contributed by atoms with Crippen molar-refractivity contribution >= 4 is 17.0 Å². The maximum atomic E-state index is 12.7. The van der Waals surface area contributed by atoms with Gasteiger partial charge in [0.05, 0.1) is 0 Å². The second-order valence-electron chi connectivity index (χ2n) is 2.66. The maximum Gasteiger partial charge on any atom is 0.123 e. The topological polar surface area (TPSA) is 15.8 Å². The van der Waals surface area contributed by atoms with Crippen LogP contribution in [0.25, 0.3) is 17.0 Å². The summed E-state index contributed by atoms with van der Waals surface area (Å²) < 4.78 is 12.7. The summed E-state index contributed by atoms with van der Waals surface area (Å²) in [5, 5.41) is 0.880. The van der Waals surface area contributed by atoms with Crippen molar-refractivity contribution in [1.29, 1.82) is 0 Å². The number of aromatic nitrogens is 1. The molecule has 1 aromatic heterocycles. The summed E-state index contributed by atoms with van der Waals surface area (Å²) in [6.07, 6.45) is 1.71. The molecule has 2 heteroatoms. The lowest BCUT2D eigenvalue weighted by Crippen LogP contribution is -1.71. The van der Waals surface area contributed by atoms with Crippen molar-refractivity contribution in [1.82, 2.24) is 4.98 Å². The molecule has 2 aromatic rings. The predicted molar refractivity (Wildman–Crippen MR) is 48.3 cm³/mol. The van der Waals surface area contributed by atoms with Gasteiger partial charge in [0.25, 0.3) is 0 Å². The van der Waals surface area contributed by atoms with Gasteiger partial charge in [-0.25, -0.2) is 4.39 Å². The molecular formula is C10H8FN. The average molecular weight is 161 g/mol. The number of benzene rings is 1. The molecule has 1 nitrogen and oxygen atoms in total. The first-order valence-corrected chi connectivity index (χ1v) is 3.70. The predicted octanol–water partition coefficient (Wildman–Crippen LogP) is 2.95. The lowest BCUT2D eigenvalue weighted by molar-refractivity contribution is 0.630. The van der Waals surface area contributed by atoms with Crippen molar-refractivity contribution in [2.45, 2.75) is 0 Å². The lowest BCUT2D eigenvalue weighted by atomic mass is 10.2. The standard InChI is InChI=1S/C10H8FN/c1-2-9-6-7-5-8(11)3-4-10(7)12-9/h2-6,12H,1H2. The van der Waals surface area contributed by atoms with E-state index in [-0.39, 0.29) is 5.82 Å². The Bertz CT molecular complexity index is 428. The van der Waals surface area contributed by atoms with E-state index in [9.17, 15) is 4.39 Å². The maximum absolute atomic E-state index is 12.7. The van der Waals surface area contributed by atoms with E-state index >= 15 is 0 Å². The van der Waals surface area contributed by atoms with Crippen molar-refractivity contribution in [2.75, 3.05) is 0 Å². The highest BCUT2D eigenvalue weighted by atomic mass is 19.1. The fourth-order valence-corrected chi connectivity index (χ4v) is 1.24. The van der Waals surface area contributed by atoms with E-state index in [0.29, 0.717) is 0 Å². The monoisotopic (exact) mass is 161 g/mol. The molecule has 0 unspecified atom stereocenters. The van der Waals surface area contributed by atoms with Gasteiger partial charge in [-0.1, -0.05) is 6.58 Å². The van der Waals surface area contributed by atoms with Gasteiger partial charge < -0.3 is 4.98 Å². The summed E-state index contributed by atoms with van der Waals surface area (Å²) in [6, 6.07) is 6.52. The number of hydrogen-bond acceptors (Lipinski definition) is 0. The van der Waals surface area contributed by atoms with Crippen LogP contribution in [0.2, 0.25) is 0 Å². The first kappa shape index (κ1) is 7.10. The minimum absolute atomic E-state index is 0.211. The molecule has 0 atom stereocenters. The minimum Gasteiger partial charge on any atom is -0.355 e. The largest absolute Gasteiger partial charge is 0.355 e. The zero-order valence-electron chi connectivity index (χ0n) is 6.47. The number of H-pyrrole nitrogens is 1. The summed E-state index contributed by atoms with van der Waals surface area (Å²) in [6.45, 7) is 3.62. The Morgan fingerprint density at radius 1 is 1.33 bits per heavy atom. The number of fused-ring (bicyclic) bond motifs is 1. The van der Waals surface area contributed by atoms with Crippen molar-refractivity contribution in [3.05, 3.63) is 42.4 Å². The number of halogens is 1. The Balaban J connectivity index is 2.75. The van der Waals surface area contributed by atoms with Crippen molar-refractivity contribution in [3.63, 3.8) is 0 Å². The van der Waals surface area contributed by atoms with Crippen LogP contribution in [0.5, 0.6) is 0 Å². The zero-order valence-corrected chi connectivity index (χ0v) is 6.47. The van der Waals surface area contributed by atoms with Crippen LogP contribution in [0, 0.1) is 5.82 Å². The van der Waals surface area contributed by atoms with E-state index in [1.54, 1.807) is 12.1 Å². The fourth-order valence-electron chi connectivity index (χ4n) is 1.24. The second kappa shape index (κ2) is 2.48. The molecule has 1 heterocycles. The van der Waals surface area contributed by atoms with Gasteiger partial charge >= 0.3 is 0 Å². The highest BCUT2D eigenvalue weighted by molar-refractivity contribution is 5.82. The Morgan fingerprint density at radius 2 is 2.17 bits per heavy atom. The lowest BCUT2D eigenvalue weighted by Gasteiger charge is -1.87. The molecule has 12 heavy (non-hydrogen) atoms. The first-order chi connectivity index (χ1) is 5.79. The molecule has 0 bridgehead atoms. The van der Waals surface area contributed by atoms with Gasteiger partial charge in [-0.05, 0) is 30.3 Å². The van der Waals surface area contributed by atoms with E-state index in [4.69, 9.17) is 0 Å². The summed E-state index contributed by atoms with van der Waals surface area (Å²) in [5.74, 6) is -0.211. The molecule has 0 saturated heterocycles. The van der Waals surface area contributed by atoms with Crippen molar-refractivity contribution in [3.8, 4) is 0 Å². The second-order valence-corrected chi connectivity index (χ2v) is 2.66. The molecule has 1 N–H and O–H groups in total. The molecule has 1 aromatic carbocycles. The van der Waals surface area contributed by atoms with Gasteiger partial charge in [0.15, 0.2) is 0 Å². The SMILES string of the molecule is C=Cc1cc2cc(F)ccc2[nH]1. The zero-order chi connectivity index (χ0) is 8.55. The highest BCUT2D eigenvalue weighted by Crippen LogP contribution is 2.16. The minimum atomic E-state index is -0.211. The van der Waals surface area contributed by atoms with Gasteiger partial charge in [0, 0.05) is 16.6 Å². The van der Waals surface area contributed by atoms with Crippen LogP contribution in [0.15, 0.2) is 30.8 Å². The molecule has 0 aliphatic carbocycles. The van der Waals surface area contributed by atoms with Crippen molar-refractivity contribution < 1.29 is 4.39 Å². The molecular weight excluding hydrogens is 153 g/mol. The fraction of sp³-hybridized carbons (Fsp3) is 0. The molecule has 0 amide bonds. The molecule has 0 aliphatic rings. The third-order valence-corrected chi connectivity index (χ3v) is 1.82. The quantitative estimate of drug-likeness (QED) is 0.661. The summed E-state index contributed by atoms with van der Waals surface area (Å²) >= 11 is 0. The van der Waals surface area contributed by atoms with E-state index in [1.165, 1.54) is 12.1 Å². The van der Waals surface area contributed by atoms with Crippen LogP contribution >= 0.6 is 0 Å².